The van der Waals surface area contributed by atoms with E-state index in [2.05, 4.69) is 19.2 Å². The SMILES string of the molecule is CC(C)C(CN)CNC1CCS(=O)CC1. The molecule has 1 saturated heterocycles. The molecule has 0 aliphatic carbocycles. The zero-order valence-corrected chi connectivity index (χ0v) is 10.7. The molecule has 1 unspecified atom stereocenters. The van der Waals surface area contributed by atoms with Gasteiger partial charge in [-0.15, -0.1) is 0 Å². The minimum Gasteiger partial charge on any atom is -0.330 e. The molecule has 0 bridgehead atoms. The Hall–Kier alpha value is 0.0700. The summed E-state index contributed by atoms with van der Waals surface area (Å²) in [5.41, 5.74) is 5.72. The zero-order valence-electron chi connectivity index (χ0n) is 9.87. The van der Waals surface area contributed by atoms with Gasteiger partial charge in [-0.2, -0.15) is 0 Å². The summed E-state index contributed by atoms with van der Waals surface area (Å²) in [4.78, 5) is 0. The molecular formula is C11H24N2OS. The van der Waals surface area contributed by atoms with Crippen LogP contribution in [-0.4, -0.2) is 34.8 Å². The standard InChI is InChI=1S/C11H24N2OS/c1-9(2)10(7-12)8-13-11-3-5-15(14)6-4-11/h9-11,13H,3-8,12H2,1-2H3. The maximum absolute atomic E-state index is 11.2. The van der Waals surface area contributed by atoms with Crippen LogP contribution in [0.15, 0.2) is 0 Å². The summed E-state index contributed by atoms with van der Waals surface area (Å²) in [6, 6.07) is 0.565. The molecule has 1 heterocycles. The van der Waals surface area contributed by atoms with Gasteiger partial charge < -0.3 is 11.1 Å². The molecule has 0 aromatic carbocycles. The van der Waals surface area contributed by atoms with E-state index in [4.69, 9.17) is 5.73 Å². The molecule has 0 radical (unpaired) electrons. The van der Waals surface area contributed by atoms with Gasteiger partial charge in [0.2, 0.25) is 0 Å². The van der Waals surface area contributed by atoms with E-state index in [1.165, 1.54) is 0 Å². The van der Waals surface area contributed by atoms with Gasteiger partial charge in [-0.05, 0) is 37.8 Å². The molecule has 3 nitrogen and oxygen atoms in total. The molecule has 1 aliphatic heterocycles. The first-order chi connectivity index (χ1) is 7.13. The number of hydrogen-bond acceptors (Lipinski definition) is 3. The highest BCUT2D eigenvalue weighted by Crippen LogP contribution is 2.12. The van der Waals surface area contributed by atoms with Crippen LogP contribution in [0.25, 0.3) is 0 Å². The third-order valence-corrected chi connectivity index (χ3v) is 4.68. The molecule has 0 aromatic rings. The lowest BCUT2D eigenvalue weighted by atomic mass is 9.95. The smallest absolute Gasteiger partial charge is 0.0249 e. The summed E-state index contributed by atoms with van der Waals surface area (Å²) in [6.45, 7) is 6.19. The lowest BCUT2D eigenvalue weighted by Crippen LogP contribution is -2.41. The quantitative estimate of drug-likeness (QED) is 0.734. The minimum atomic E-state index is -0.550. The van der Waals surface area contributed by atoms with Crippen molar-refractivity contribution >= 4 is 10.8 Å². The molecular weight excluding hydrogens is 208 g/mol. The molecule has 1 fully saturated rings. The first kappa shape index (κ1) is 13.1. The van der Waals surface area contributed by atoms with Gasteiger partial charge in [0.05, 0.1) is 0 Å². The molecule has 0 saturated carbocycles. The summed E-state index contributed by atoms with van der Waals surface area (Å²) in [6.07, 6.45) is 2.12. The highest BCUT2D eigenvalue weighted by molar-refractivity contribution is 7.85. The monoisotopic (exact) mass is 232 g/mol. The van der Waals surface area contributed by atoms with Crippen molar-refractivity contribution in [2.24, 2.45) is 17.6 Å². The van der Waals surface area contributed by atoms with E-state index < -0.39 is 10.8 Å². The Morgan fingerprint density at radius 2 is 2.00 bits per heavy atom. The minimum absolute atomic E-state index is 0.550. The molecule has 0 amide bonds. The van der Waals surface area contributed by atoms with Crippen molar-refractivity contribution in [3.63, 3.8) is 0 Å². The number of nitrogens with one attached hydrogen (secondary N) is 1. The molecule has 1 aliphatic rings. The molecule has 4 heteroatoms. The van der Waals surface area contributed by atoms with Crippen LogP contribution in [0.3, 0.4) is 0 Å². The highest BCUT2D eigenvalue weighted by atomic mass is 32.2. The summed E-state index contributed by atoms with van der Waals surface area (Å²) in [5.74, 6) is 2.94. The van der Waals surface area contributed by atoms with E-state index in [1.54, 1.807) is 0 Å². The second-order valence-corrected chi connectivity index (χ2v) is 6.47. The fraction of sp³-hybridized carbons (Fsp3) is 1.00. The average molecular weight is 232 g/mol. The molecule has 0 aromatic heterocycles. The van der Waals surface area contributed by atoms with Crippen molar-refractivity contribution in [3.8, 4) is 0 Å². The lowest BCUT2D eigenvalue weighted by Gasteiger charge is -2.26. The molecule has 1 rings (SSSR count). The summed E-state index contributed by atoms with van der Waals surface area (Å²) in [5, 5.41) is 3.56. The van der Waals surface area contributed by atoms with E-state index in [0.717, 1.165) is 37.4 Å². The van der Waals surface area contributed by atoms with Gasteiger partial charge in [0, 0.05) is 28.3 Å². The second kappa shape index (κ2) is 6.61. The first-order valence-corrected chi connectivity index (χ1v) is 7.40. The van der Waals surface area contributed by atoms with Crippen molar-refractivity contribution in [1.82, 2.24) is 5.32 Å². The summed E-state index contributed by atoms with van der Waals surface area (Å²) >= 11 is 0. The molecule has 0 spiro atoms. The van der Waals surface area contributed by atoms with Crippen LogP contribution in [0.4, 0.5) is 0 Å². The van der Waals surface area contributed by atoms with Crippen LogP contribution in [0, 0.1) is 11.8 Å². The maximum atomic E-state index is 11.2. The zero-order chi connectivity index (χ0) is 11.3. The fourth-order valence-corrected chi connectivity index (χ4v) is 3.21. The fourth-order valence-electron chi connectivity index (χ4n) is 1.91. The average Bonchev–Trinajstić information content (AvgIpc) is 2.21. The third kappa shape index (κ3) is 4.62. The van der Waals surface area contributed by atoms with Crippen molar-refractivity contribution in [3.05, 3.63) is 0 Å². The van der Waals surface area contributed by atoms with E-state index in [-0.39, 0.29) is 0 Å². The van der Waals surface area contributed by atoms with Crippen molar-refractivity contribution in [1.29, 1.82) is 0 Å². The van der Waals surface area contributed by atoms with Crippen molar-refractivity contribution < 1.29 is 4.21 Å². The van der Waals surface area contributed by atoms with Gasteiger partial charge in [0.15, 0.2) is 0 Å². The van der Waals surface area contributed by atoms with Crippen LogP contribution in [0.5, 0.6) is 0 Å². The number of nitrogens with two attached hydrogens (primary N) is 1. The molecule has 90 valence electrons. The Labute approximate surface area is 95.6 Å². The van der Waals surface area contributed by atoms with E-state index in [0.29, 0.717) is 17.9 Å². The van der Waals surface area contributed by atoms with Crippen LogP contribution in [0.1, 0.15) is 26.7 Å². The van der Waals surface area contributed by atoms with Gasteiger partial charge in [-0.25, -0.2) is 0 Å². The molecule has 3 N–H and O–H groups in total. The Kier molecular flexibility index (Phi) is 5.79. The Morgan fingerprint density at radius 3 is 2.47 bits per heavy atom. The maximum Gasteiger partial charge on any atom is 0.0249 e. The van der Waals surface area contributed by atoms with Gasteiger partial charge in [0.1, 0.15) is 0 Å². The molecule has 1 atom stereocenters. The third-order valence-electron chi connectivity index (χ3n) is 3.30. The Bertz CT molecular complexity index is 199. The van der Waals surface area contributed by atoms with Gasteiger partial charge in [0.25, 0.3) is 0 Å². The predicted octanol–water partition coefficient (Wildman–Crippen LogP) is 0.718. The second-order valence-electron chi connectivity index (χ2n) is 4.77. The van der Waals surface area contributed by atoms with Gasteiger partial charge >= 0.3 is 0 Å². The Morgan fingerprint density at radius 1 is 1.40 bits per heavy atom. The van der Waals surface area contributed by atoms with E-state index in [9.17, 15) is 4.21 Å². The first-order valence-electron chi connectivity index (χ1n) is 5.92. The van der Waals surface area contributed by atoms with Gasteiger partial charge in [-0.1, -0.05) is 13.8 Å². The van der Waals surface area contributed by atoms with Crippen LogP contribution in [0.2, 0.25) is 0 Å². The largest absolute Gasteiger partial charge is 0.330 e. The lowest BCUT2D eigenvalue weighted by molar-refractivity contribution is 0.341. The highest BCUT2D eigenvalue weighted by Gasteiger charge is 2.19. The van der Waals surface area contributed by atoms with Crippen LogP contribution >= 0.6 is 0 Å². The van der Waals surface area contributed by atoms with Crippen molar-refractivity contribution in [2.75, 3.05) is 24.6 Å². The van der Waals surface area contributed by atoms with Crippen LogP contribution in [-0.2, 0) is 10.8 Å². The van der Waals surface area contributed by atoms with Crippen LogP contribution < -0.4 is 11.1 Å². The van der Waals surface area contributed by atoms with E-state index >= 15 is 0 Å². The molecule has 15 heavy (non-hydrogen) atoms. The normalized spacial score (nSPS) is 29.3. The predicted molar refractivity (Wildman–Crippen MR) is 66.3 cm³/mol. The number of hydrogen-bond donors (Lipinski definition) is 2. The van der Waals surface area contributed by atoms with Crippen molar-refractivity contribution in [2.45, 2.75) is 32.7 Å². The summed E-state index contributed by atoms with van der Waals surface area (Å²) in [7, 11) is -0.550. The van der Waals surface area contributed by atoms with E-state index in [1.807, 2.05) is 0 Å². The Balaban J connectivity index is 2.21. The number of rotatable bonds is 5. The summed E-state index contributed by atoms with van der Waals surface area (Å²) < 4.78 is 11.2. The topological polar surface area (TPSA) is 55.1 Å². The van der Waals surface area contributed by atoms with Gasteiger partial charge in [-0.3, -0.25) is 4.21 Å².